The molecule has 2 atom stereocenters. The highest BCUT2D eigenvalue weighted by atomic mass is 127. The molecule has 1 aliphatic rings. The Morgan fingerprint density at radius 3 is 2.71 bits per heavy atom. The van der Waals surface area contributed by atoms with E-state index in [4.69, 9.17) is 9.47 Å². The molecule has 1 saturated heterocycles. The molecule has 1 aliphatic heterocycles. The van der Waals surface area contributed by atoms with E-state index in [-0.39, 0.29) is 30.1 Å². The van der Waals surface area contributed by atoms with Crippen LogP contribution >= 0.6 is 24.0 Å². The van der Waals surface area contributed by atoms with Gasteiger partial charge in [-0.2, -0.15) is 0 Å². The van der Waals surface area contributed by atoms with Crippen molar-refractivity contribution >= 4 is 29.9 Å². The lowest BCUT2D eigenvalue weighted by Gasteiger charge is -2.32. The smallest absolute Gasteiger partial charge is 0.190 e. The van der Waals surface area contributed by atoms with Crippen molar-refractivity contribution in [2.75, 3.05) is 33.9 Å². The third kappa shape index (κ3) is 8.00. The molecule has 2 unspecified atom stereocenters. The second-order valence-corrected chi connectivity index (χ2v) is 7.94. The molecule has 2 N–H and O–H groups in total. The molecule has 0 bridgehead atoms. The number of aliphatic imine (C=N–C) groups is 1. The Labute approximate surface area is 204 Å². The van der Waals surface area contributed by atoms with E-state index in [1.165, 1.54) is 23.1 Å². The number of hydrogen-bond acceptors (Lipinski definition) is 3. The zero-order chi connectivity index (χ0) is 21.2. The summed E-state index contributed by atoms with van der Waals surface area (Å²) in [4.78, 5) is 4.39. The van der Waals surface area contributed by atoms with Crippen LogP contribution in [0.15, 0.2) is 53.5 Å². The van der Waals surface area contributed by atoms with E-state index >= 15 is 0 Å². The summed E-state index contributed by atoms with van der Waals surface area (Å²) < 4.78 is 11.4. The van der Waals surface area contributed by atoms with Crippen LogP contribution in [-0.2, 0) is 11.2 Å². The van der Waals surface area contributed by atoms with Gasteiger partial charge in [0, 0.05) is 32.7 Å². The quantitative estimate of drug-likeness (QED) is 0.218. The fourth-order valence-corrected chi connectivity index (χ4v) is 3.95. The summed E-state index contributed by atoms with van der Waals surface area (Å²) in [5.74, 6) is 2.21. The van der Waals surface area contributed by atoms with Gasteiger partial charge >= 0.3 is 0 Å². The normalized spacial score (nSPS) is 18.7. The second kappa shape index (κ2) is 13.6. The molecule has 0 aromatic heterocycles. The van der Waals surface area contributed by atoms with E-state index < -0.39 is 0 Å². The van der Waals surface area contributed by atoms with Gasteiger partial charge < -0.3 is 20.1 Å². The molecule has 1 heterocycles. The highest BCUT2D eigenvalue weighted by molar-refractivity contribution is 14.0. The molecule has 5 nitrogen and oxygen atoms in total. The summed E-state index contributed by atoms with van der Waals surface area (Å²) >= 11 is 0. The van der Waals surface area contributed by atoms with E-state index in [2.05, 4.69) is 58.9 Å². The first-order chi connectivity index (χ1) is 14.7. The first kappa shape index (κ1) is 25.5. The number of benzene rings is 2. The Morgan fingerprint density at radius 1 is 1.16 bits per heavy atom. The van der Waals surface area contributed by atoms with Crippen molar-refractivity contribution in [3.63, 3.8) is 0 Å². The summed E-state index contributed by atoms with van der Waals surface area (Å²) in [6.07, 6.45) is 4.47. The van der Waals surface area contributed by atoms with Crippen molar-refractivity contribution in [2.45, 2.75) is 38.7 Å². The molecule has 3 rings (SSSR count). The van der Waals surface area contributed by atoms with Gasteiger partial charge in [-0.05, 0) is 55.9 Å². The molecule has 170 valence electrons. The third-order valence-corrected chi connectivity index (χ3v) is 5.67. The number of hydrogen-bond donors (Lipinski definition) is 2. The van der Waals surface area contributed by atoms with Gasteiger partial charge in [0.1, 0.15) is 5.75 Å². The van der Waals surface area contributed by atoms with Gasteiger partial charge in [0.2, 0.25) is 0 Å². The van der Waals surface area contributed by atoms with Gasteiger partial charge in [0.15, 0.2) is 5.96 Å². The lowest BCUT2D eigenvalue weighted by Crippen LogP contribution is -2.42. The highest BCUT2D eigenvalue weighted by Crippen LogP contribution is 2.33. The minimum Gasteiger partial charge on any atom is -0.497 e. The maximum Gasteiger partial charge on any atom is 0.190 e. The topological polar surface area (TPSA) is 54.9 Å². The van der Waals surface area contributed by atoms with Gasteiger partial charge in [-0.15, -0.1) is 24.0 Å². The van der Waals surface area contributed by atoms with Crippen LogP contribution in [0.25, 0.3) is 0 Å². The standard InChI is InChI=1S/C25H35N3O2.HI/c1-19-11-13-21(14-12-19)24-22(9-6-16-30-24)18-28-25(26-2)27-15-5-8-20-7-4-10-23(17-20)29-3;/h4,7,10-14,17,22,24H,5-6,8-9,15-16,18H2,1-3H3,(H2,26,27,28);1H. The lowest BCUT2D eigenvalue weighted by molar-refractivity contribution is -0.0265. The molecular weight excluding hydrogens is 501 g/mol. The fraction of sp³-hybridized carbons (Fsp3) is 0.480. The summed E-state index contributed by atoms with van der Waals surface area (Å²) in [6.45, 7) is 4.69. The summed E-state index contributed by atoms with van der Waals surface area (Å²) in [6, 6.07) is 17.0. The van der Waals surface area contributed by atoms with Gasteiger partial charge in [-0.1, -0.05) is 42.0 Å². The lowest BCUT2D eigenvalue weighted by atomic mass is 9.89. The molecule has 0 aliphatic carbocycles. The van der Waals surface area contributed by atoms with Crippen molar-refractivity contribution in [3.8, 4) is 5.75 Å². The third-order valence-electron chi connectivity index (χ3n) is 5.67. The number of nitrogens with one attached hydrogen (secondary N) is 2. The predicted molar refractivity (Wildman–Crippen MR) is 139 cm³/mol. The van der Waals surface area contributed by atoms with Crippen LogP contribution in [0.2, 0.25) is 0 Å². The highest BCUT2D eigenvalue weighted by Gasteiger charge is 2.27. The van der Waals surface area contributed by atoms with Gasteiger partial charge in [-0.3, -0.25) is 4.99 Å². The van der Waals surface area contributed by atoms with Crippen LogP contribution in [0.3, 0.4) is 0 Å². The fourth-order valence-electron chi connectivity index (χ4n) is 3.95. The summed E-state index contributed by atoms with van der Waals surface area (Å²) in [5, 5.41) is 6.94. The SMILES string of the molecule is CN=C(NCCCc1cccc(OC)c1)NCC1CCCOC1c1ccc(C)cc1.I. The Hall–Kier alpha value is -1.80. The first-order valence-corrected chi connectivity index (χ1v) is 10.9. The van der Waals surface area contributed by atoms with Crippen molar-refractivity contribution < 1.29 is 9.47 Å². The molecule has 2 aromatic rings. The van der Waals surface area contributed by atoms with Crippen LogP contribution in [-0.4, -0.2) is 39.8 Å². The minimum atomic E-state index is 0. The van der Waals surface area contributed by atoms with E-state index in [0.717, 1.165) is 50.7 Å². The largest absolute Gasteiger partial charge is 0.497 e. The summed E-state index contributed by atoms with van der Waals surface area (Å²) in [7, 11) is 3.53. The van der Waals surface area contributed by atoms with Gasteiger partial charge in [0.05, 0.1) is 13.2 Å². The van der Waals surface area contributed by atoms with Crippen molar-refractivity contribution in [3.05, 3.63) is 65.2 Å². The van der Waals surface area contributed by atoms with E-state index in [1.807, 2.05) is 19.2 Å². The Morgan fingerprint density at radius 2 is 1.97 bits per heavy atom. The Kier molecular flexibility index (Phi) is 11.2. The Bertz CT molecular complexity index is 811. The number of halogens is 1. The van der Waals surface area contributed by atoms with Crippen molar-refractivity contribution in [2.24, 2.45) is 10.9 Å². The van der Waals surface area contributed by atoms with Gasteiger partial charge in [0.25, 0.3) is 0 Å². The average Bonchev–Trinajstić information content (AvgIpc) is 2.79. The van der Waals surface area contributed by atoms with Crippen LogP contribution in [0.4, 0.5) is 0 Å². The number of rotatable bonds is 8. The molecular formula is C25H36IN3O2. The zero-order valence-electron chi connectivity index (χ0n) is 18.9. The molecule has 31 heavy (non-hydrogen) atoms. The second-order valence-electron chi connectivity index (χ2n) is 7.94. The number of guanidine groups is 1. The maximum atomic E-state index is 6.14. The van der Waals surface area contributed by atoms with Gasteiger partial charge in [-0.25, -0.2) is 0 Å². The van der Waals surface area contributed by atoms with E-state index in [9.17, 15) is 0 Å². The van der Waals surface area contributed by atoms with Crippen LogP contribution in [0.5, 0.6) is 5.75 Å². The van der Waals surface area contributed by atoms with Crippen LogP contribution < -0.4 is 15.4 Å². The number of ether oxygens (including phenoxy) is 2. The Balaban J connectivity index is 0.00000341. The van der Waals surface area contributed by atoms with Crippen molar-refractivity contribution in [1.82, 2.24) is 10.6 Å². The number of nitrogens with zero attached hydrogens (tertiary/aromatic N) is 1. The first-order valence-electron chi connectivity index (χ1n) is 10.9. The average molecular weight is 537 g/mol. The molecule has 0 saturated carbocycles. The molecule has 0 radical (unpaired) electrons. The van der Waals surface area contributed by atoms with Crippen LogP contribution in [0, 0.1) is 12.8 Å². The predicted octanol–water partition coefficient (Wildman–Crippen LogP) is 4.89. The molecule has 0 amide bonds. The molecule has 2 aromatic carbocycles. The molecule has 6 heteroatoms. The zero-order valence-corrected chi connectivity index (χ0v) is 21.2. The molecule has 0 spiro atoms. The monoisotopic (exact) mass is 537 g/mol. The van der Waals surface area contributed by atoms with E-state index in [0.29, 0.717) is 5.92 Å². The van der Waals surface area contributed by atoms with E-state index in [1.54, 1.807) is 7.11 Å². The molecule has 1 fully saturated rings. The van der Waals surface area contributed by atoms with Crippen LogP contribution in [0.1, 0.15) is 42.1 Å². The number of aryl methyl sites for hydroxylation is 2. The maximum absolute atomic E-state index is 6.14. The number of methoxy groups -OCH3 is 1. The minimum absolute atomic E-state index is 0. The van der Waals surface area contributed by atoms with Crippen molar-refractivity contribution in [1.29, 1.82) is 0 Å². The summed E-state index contributed by atoms with van der Waals surface area (Å²) in [5.41, 5.74) is 3.84.